The Morgan fingerprint density at radius 3 is 2.82 bits per heavy atom. The maximum Gasteiger partial charge on any atom is 0.229 e. The van der Waals surface area contributed by atoms with Gasteiger partial charge < -0.3 is 15.4 Å². The molecule has 0 saturated carbocycles. The SMILES string of the molecule is CCOc1ccc(-n2nnc3cnc(Nc4cnn(CCCC5CCNCC5)c4)nc32)cc1. The highest BCUT2D eigenvalue weighted by atomic mass is 16.5. The molecule has 0 aliphatic carbocycles. The molecular formula is C23H29N9O. The summed E-state index contributed by atoms with van der Waals surface area (Å²) in [6, 6.07) is 7.68. The number of hydrogen-bond donors (Lipinski definition) is 2. The van der Waals surface area contributed by atoms with E-state index in [-0.39, 0.29) is 0 Å². The Morgan fingerprint density at radius 1 is 1.15 bits per heavy atom. The molecule has 0 unspecified atom stereocenters. The number of benzene rings is 1. The number of piperidine rings is 1. The third-order valence-corrected chi connectivity index (χ3v) is 5.93. The van der Waals surface area contributed by atoms with Crippen LogP contribution in [0.3, 0.4) is 0 Å². The lowest BCUT2D eigenvalue weighted by Gasteiger charge is -2.22. The van der Waals surface area contributed by atoms with Crippen LogP contribution in [-0.2, 0) is 6.54 Å². The standard InChI is InChI=1S/C23H29N9O/c1-2-33-20-7-5-19(6-8-20)32-22-21(29-30-32)15-25-23(28-22)27-18-14-26-31(16-18)13-3-4-17-9-11-24-12-10-17/h5-8,14-17,24H,2-4,9-13H2,1H3,(H,25,27,28). The first-order valence-electron chi connectivity index (χ1n) is 11.6. The maximum absolute atomic E-state index is 5.52. The van der Waals surface area contributed by atoms with Crippen LogP contribution in [-0.4, -0.2) is 54.4 Å². The molecule has 10 nitrogen and oxygen atoms in total. The Bertz CT molecular complexity index is 1180. The monoisotopic (exact) mass is 447 g/mol. The van der Waals surface area contributed by atoms with E-state index < -0.39 is 0 Å². The van der Waals surface area contributed by atoms with Crippen molar-refractivity contribution in [3.8, 4) is 11.4 Å². The highest BCUT2D eigenvalue weighted by molar-refractivity contribution is 5.72. The second-order valence-corrected chi connectivity index (χ2v) is 8.28. The number of nitrogens with one attached hydrogen (secondary N) is 2. The van der Waals surface area contributed by atoms with Crippen molar-refractivity contribution in [1.82, 2.24) is 40.1 Å². The molecule has 172 valence electrons. The largest absolute Gasteiger partial charge is 0.494 e. The Hall–Kier alpha value is -3.53. The van der Waals surface area contributed by atoms with Gasteiger partial charge in [0.15, 0.2) is 11.2 Å². The summed E-state index contributed by atoms with van der Waals surface area (Å²) in [7, 11) is 0. The lowest BCUT2D eigenvalue weighted by atomic mass is 9.93. The van der Waals surface area contributed by atoms with Crippen LogP contribution in [0.2, 0.25) is 0 Å². The van der Waals surface area contributed by atoms with Gasteiger partial charge in [0.25, 0.3) is 0 Å². The number of ether oxygens (including phenoxy) is 1. The number of hydrogen-bond acceptors (Lipinski definition) is 8. The van der Waals surface area contributed by atoms with Crippen LogP contribution < -0.4 is 15.4 Å². The van der Waals surface area contributed by atoms with E-state index in [0.717, 1.165) is 49.1 Å². The van der Waals surface area contributed by atoms with Gasteiger partial charge in [-0.3, -0.25) is 4.68 Å². The molecule has 10 heteroatoms. The zero-order valence-corrected chi connectivity index (χ0v) is 18.8. The Kier molecular flexibility index (Phi) is 6.43. The molecule has 4 heterocycles. The van der Waals surface area contributed by atoms with Crippen LogP contribution in [0.5, 0.6) is 5.75 Å². The third-order valence-electron chi connectivity index (χ3n) is 5.93. The normalized spacial score (nSPS) is 14.6. The fourth-order valence-corrected chi connectivity index (χ4v) is 4.20. The molecule has 2 N–H and O–H groups in total. The van der Waals surface area contributed by atoms with Crippen molar-refractivity contribution in [3.63, 3.8) is 0 Å². The summed E-state index contributed by atoms with van der Waals surface area (Å²) >= 11 is 0. The molecule has 0 amide bonds. The van der Waals surface area contributed by atoms with E-state index >= 15 is 0 Å². The zero-order valence-electron chi connectivity index (χ0n) is 18.8. The van der Waals surface area contributed by atoms with Crippen molar-refractivity contribution in [1.29, 1.82) is 0 Å². The summed E-state index contributed by atoms with van der Waals surface area (Å²) in [6.45, 7) is 5.81. The smallest absolute Gasteiger partial charge is 0.229 e. The quantitative estimate of drug-likeness (QED) is 0.402. The van der Waals surface area contributed by atoms with Crippen LogP contribution in [0, 0.1) is 5.92 Å². The maximum atomic E-state index is 5.52. The van der Waals surface area contributed by atoms with E-state index in [1.165, 1.54) is 19.3 Å². The average molecular weight is 448 g/mol. The van der Waals surface area contributed by atoms with Gasteiger partial charge in [0.05, 0.1) is 30.4 Å². The second kappa shape index (κ2) is 9.95. The minimum Gasteiger partial charge on any atom is -0.494 e. The van der Waals surface area contributed by atoms with Crippen molar-refractivity contribution >= 4 is 22.8 Å². The van der Waals surface area contributed by atoms with Crippen molar-refractivity contribution in [3.05, 3.63) is 42.9 Å². The molecule has 1 aromatic carbocycles. The van der Waals surface area contributed by atoms with Gasteiger partial charge in [0.1, 0.15) is 5.75 Å². The molecule has 4 aromatic rings. The first kappa shape index (κ1) is 21.3. The zero-order chi connectivity index (χ0) is 22.5. The van der Waals surface area contributed by atoms with Gasteiger partial charge in [-0.25, -0.2) is 4.98 Å². The molecule has 0 radical (unpaired) electrons. The van der Waals surface area contributed by atoms with Gasteiger partial charge in [-0.05, 0) is 75.9 Å². The van der Waals surface area contributed by atoms with E-state index in [4.69, 9.17) is 4.74 Å². The summed E-state index contributed by atoms with van der Waals surface area (Å²) in [4.78, 5) is 9.02. The van der Waals surface area contributed by atoms with Gasteiger partial charge in [-0.15, -0.1) is 5.10 Å². The van der Waals surface area contributed by atoms with Gasteiger partial charge in [0, 0.05) is 12.7 Å². The number of fused-ring (bicyclic) bond motifs is 1. The molecule has 0 bridgehead atoms. The lowest BCUT2D eigenvalue weighted by molar-refractivity contribution is 0.337. The number of aryl methyl sites for hydroxylation is 1. The van der Waals surface area contributed by atoms with Crippen molar-refractivity contribution < 1.29 is 4.74 Å². The number of anilines is 2. The molecule has 1 aliphatic heterocycles. The molecule has 1 saturated heterocycles. The van der Waals surface area contributed by atoms with Crippen molar-refractivity contribution in [2.24, 2.45) is 5.92 Å². The summed E-state index contributed by atoms with van der Waals surface area (Å²) in [6.07, 6.45) is 10.4. The van der Waals surface area contributed by atoms with E-state index in [2.05, 4.69) is 36.0 Å². The molecular weight excluding hydrogens is 418 g/mol. The second-order valence-electron chi connectivity index (χ2n) is 8.28. The van der Waals surface area contributed by atoms with E-state index in [1.807, 2.05) is 42.1 Å². The minimum atomic E-state index is 0.478. The molecule has 0 atom stereocenters. The van der Waals surface area contributed by atoms with Gasteiger partial charge >= 0.3 is 0 Å². The van der Waals surface area contributed by atoms with Crippen LogP contribution >= 0.6 is 0 Å². The van der Waals surface area contributed by atoms with Crippen molar-refractivity contribution in [2.45, 2.75) is 39.2 Å². The number of rotatable bonds is 9. The van der Waals surface area contributed by atoms with Gasteiger partial charge in [-0.2, -0.15) is 14.8 Å². The molecule has 5 rings (SSSR count). The summed E-state index contributed by atoms with van der Waals surface area (Å²) in [5.41, 5.74) is 2.97. The highest BCUT2D eigenvalue weighted by Gasteiger charge is 2.13. The van der Waals surface area contributed by atoms with E-state index in [0.29, 0.717) is 23.7 Å². The highest BCUT2D eigenvalue weighted by Crippen LogP contribution is 2.21. The molecule has 0 spiro atoms. The Labute approximate surface area is 192 Å². The van der Waals surface area contributed by atoms with E-state index in [9.17, 15) is 0 Å². The predicted octanol–water partition coefficient (Wildman–Crippen LogP) is 3.33. The summed E-state index contributed by atoms with van der Waals surface area (Å²) in [5.74, 6) is 2.13. The Morgan fingerprint density at radius 2 is 2.00 bits per heavy atom. The first-order chi connectivity index (χ1) is 16.3. The number of nitrogens with zero attached hydrogens (tertiary/aromatic N) is 7. The lowest BCUT2D eigenvalue weighted by Crippen LogP contribution is -2.27. The topological polar surface area (TPSA) is 108 Å². The minimum absolute atomic E-state index is 0.478. The Balaban J connectivity index is 1.24. The number of aromatic nitrogens is 7. The molecule has 3 aromatic heterocycles. The van der Waals surface area contributed by atoms with Crippen LogP contribution in [0.1, 0.15) is 32.6 Å². The summed E-state index contributed by atoms with van der Waals surface area (Å²) in [5, 5.41) is 19.6. The van der Waals surface area contributed by atoms with Crippen LogP contribution in [0.25, 0.3) is 16.9 Å². The molecule has 1 aliphatic rings. The van der Waals surface area contributed by atoms with Gasteiger partial charge in [-0.1, -0.05) is 5.21 Å². The third kappa shape index (κ3) is 5.11. The first-order valence-corrected chi connectivity index (χ1v) is 11.6. The van der Waals surface area contributed by atoms with Crippen LogP contribution in [0.4, 0.5) is 11.6 Å². The van der Waals surface area contributed by atoms with E-state index in [1.54, 1.807) is 17.1 Å². The molecule has 33 heavy (non-hydrogen) atoms. The van der Waals surface area contributed by atoms with Crippen molar-refractivity contribution in [2.75, 3.05) is 25.0 Å². The fraction of sp³-hybridized carbons (Fsp3) is 0.435. The van der Waals surface area contributed by atoms with Crippen LogP contribution in [0.15, 0.2) is 42.9 Å². The fourth-order valence-electron chi connectivity index (χ4n) is 4.20. The average Bonchev–Trinajstić information content (AvgIpc) is 3.47. The van der Waals surface area contributed by atoms with Gasteiger partial charge in [0.2, 0.25) is 5.95 Å². The predicted molar refractivity (Wildman–Crippen MR) is 126 cm³/mol. The summed E-state index contributed by atoms with van der Waals surface area (Å²) < 4.78 is 9.19. The molecule has 1 fully saturated rings.